The number of hydrogen-bond donors (Lipinski definition) is 1. The topological polar surface area (TPSA) is 30.5 Å². The van der Waals surface area contributed by atoms with Crippen LogP contribution in [0.4, 0.5) is 5.69 Å². The quantitative estimate of drug-likeness (QED) is 0.839. The minimum Gasteiger partial charge on any atom is -0.382 e. The molecule has 2 fully saturated rings. The first kappa shape index (κ1) is 13.5. The second kappa shape index (κ2) is 5.87. The number of benzene rings is 1. The molecule has 3 nitrogen and oxygen atoms in total. The second-order valence-electron chi connectivity index (χ2n) is 5.70. The number of terminal acetylenes is 1. The summed E-state index contributed by atoms with van der Waals surface area (Å²) in [5.41, 5.74) is 2.05. The average molecular weight is 271 g/mol. The Hall–Kier alpha value is -1.50. The molecule has 2 aliphatic rings. The molecule has 106 valence electrons. The highest BCUT2D eigenvalue weighted by Gasteiger charge is 2.38. The highest BCUT2D eigenvalue weighted by Crippen LogP contribution is 2.35. The molecule has 1 atom stereocenters. The van der Waals surface area contributed by atoms with E-state index in [0.29, 0.717) is 6.04 Å². The van der Waals surface area contributed by atoms with Gasteiger partial charge in [-0.25, -0.2) is 0 Å². The summed E-state index contributed by atoms with van der Waals surface area (Å²) in [6.45, 7) is 2.46. The van der Waals surface area contributed by atoms with Crippen LogP contribution in [-0.2, 0) is 9.47 Å². The van der Waals surface area contributed by atoms with Crippen LogP contribution in [0.25, 0.3) is 0 Å². The predicted octanol–water partition coefficient (Wildman–Crippen LogP) is 2.81. The van der Waals surface area contributed by atoms with Gasteiger partial charge in [-0.2, -0.15) is 0 Å². The fraction of sp³-hybridized carbons (Fsp3) is 0.529. The van der Waals surface area contributed by atoms with Gasteiger partial charge in [-0.3, -0.25) is 0 Å². The van der Waals surface area contributed by atoms with Crippen molar-refractivity contribution in [3.8, 4) is 12.3 Å². The van der Waals surface area contributed by atoms with E-state index in [1.54, 1.807) is 0 Å². The molecule has 1 unspecified atom stereocenters. The Kier molecular flexibility index (Phi) is 3.95. The smallest absolute Gasteiger partial charge is 0.0745 e. The van der Waals surface area contributed by atoms with Crippen molar-refractivity contribution in [2.45, 2.75) is 37.3 Å². The lowest BCUT2D eigenvalue weighted by molar-refractivity contribution is -0.135. The van der Waals surface area contributed by atoms with Crippen LogP contribution in [-0.4, -0.2) is 31.5 Å². The van der Waals surface area contributed by atoms with Crippen LogP contribution in [0.2, 0.25) is 0 Å². The second-order valence-corrected chi connectivity index (χ2v) is 5.70. The maximum Gasteiger partial charge on any atom is 0.0745 e. The number of ether oxygens (including phenoxy) is 2. The lowest BCUT2D eigenvalue weighted by Crippen LogP contribution is -2.47. The van der Waals surface area contributed by atoms with Gasteiger partial charge in [-0.05, 0) is 43.9 Å². The van der Waals surface area contributed by atoms with Gasteiger partial charge in [-0.15, -0.1) is 6.42 Å². The third-order valence-corrected chi connectivity index (χ3v) is 4.30. The standard InChI is InChI=1S/C17H21NO2/c1-2-14-4-3-5-15(12-14)18-16-6-9-20-17(13-16)7-10-19-11-8-17/h1,3-5,12,16,18H,6-11,13H2. The van der Waals surface area contributed by atoms with E-state index in [2.05, 4.69) is 17.3 Å². The van der Waals surface area contributed by atoms with Crippen LogP contribution >= 0.6 is 0 Å². The number of rotatable bonds is 2. The summed E-state index contributed by atoms with van der Waals surface area (Å²) < 4.78 is 11.5. The first-order valence-corrected chi connectivity index (χ1v) is 7.35. The molecule has 0 aromatic heterocycles. The van der Waals surface area contributed by atoms with E-state index < -0.39 is 0 Å². The van der Waals surface area contributed by atoms with E-state index in [1.807, 2.05) is 18.2 Å². The molecule has 0 amide bonds. The lowest BCUT2D eigenvalue weighted by Gasteiger charge is -2.43. The van der Waals surface area contributed by atoms with Crippen molar-refractivity contribution in [2.24, 2.45) is 0 Å². The molecule has 20 heavy (non-hydrogen) atoms. The molecule has 2 aliphatic heterocycles. The molecule has 2 heterocycles. The largest absolute Gasteiger partial charge is 0.382 e. The van der Waals surface area contributed by atoms with Gasteiger partial charge in [-0.1, -0.05) is 12.0 Å². The zero-order chi connectivity index (χ0) is 13.8. The Morgan fingerprint density at radius 3 is 2.90 bits per heavy atom. The Balaban J connectivity index is 1.66. The van der Waals surface area contributed by atoms with Gasteiger partial charge < -0.3 is 14.8 Å². The third-order valence-electron chi connectivity index (χ3n) is 4.30. The predicted molar refractivity (Wildman–Crippen MR) is 79.8 cm³/mol. The van der Waals surface area contributed by atoms with Gasteiger partial charge in [0.25, 0.3) is 0 Å². The molecule has 2 saturated heterocycles. The van der Waals surface area contributed by atoms with Crippen molar-refractivity contribution in [1.82, 2.24) is 0 Å². The van der Waals surface area contributed by atoms with Crippen molar-refractivity contribution < 1.29 is 9.47 Å². The Bertz CT molecular complexity index is 494. The third kappa shape index (κ3) is 2.98. The zero-order valence-corrected chi connectivity index (χ0v) is 11.7. The van der Waals surface area contributed by atoms with Gasteiger partial charge in [0.15, 0.2) is 0 Å². The van der Waals surface area contributed by atoms with Crippen molar-refractivity contribution in [1.29, 1.82) is 0 Å². The van der Waals surface area contributed by atoms with E-state index in [4.69, 9.17) is 15.9 Å². The summed E-state index contributed by atoms with van der Waals surface area (Å²) in [4.78, 5) is 0. The highest BCUT2D eigenvalue weighted by molar-refractivity contribution is 5.50. The van der Waals surface area contributed by atoms with E-state index in [-0.39, 0.29) is 5.60 Å². The van der Waals surface area contributed by atoms with Crippen molar-refractivity contribution >= 4 is 5.69 Å². The number of nitrogens with one attached hydrogen (secondary N) is 1. The van der Waals surface area contributed by atoms with Gasteiger partial charge in [0, 0.05) is 37.1 Å². The summed E-state index contributed by atoms with van der Waals surface area (Å²) in [6.07, 6.45) is 9.57. The van der Waals surface area contributed by atoms with Crippen LogP contribution in [0.5, 0.6) is 0 Å². The first-order valence-electron chi connectivity index (χ1n) is 7.35. The SMILES string of the molecule is C#Cc1cccc(NC2CCOC3(CCOCC3)C2)c1. The molecule has 0 bridgehead atoms. The van der Waals surface area contributed by atoms with Crippen LogP contribution in [0.3, 0.4) is 0 Å². The fourth-order valence-corrected chi connectivity index (χ4v) is 3.18. The lowest BCUT2D eigenvalue weighted by atomic mass is 9.84. The van der Waals surface area contributed by atoms with Gasteiger partial charge in [0.05, 0.1) is 5.60 Å². The zero-order valence-electron chi connectivity index (χ0n) is 11.7. The molecule has 0 aliphatic carbocycles. The molecule has 0 radical (unpaired) electrons. The van der Waals surface area contributed by atoms with E-state index in [1.165, 1.54) is 0 Å². The monoisotopic (exact) mass is 271 g/mol. The van der Waals surface area contributed by atoms with Crippen LogP contribution in [0.1, 0.15) is 31.2 Å². The number of anilines is 1. The van der Waals surface area contributed by atoms with Gasteiger partial charge >= 0.3 is 0 Å². The minimum absolute atomic E-state index is 0.0257. The van der Waals surface area contributed by atoms with Gasteiger partial charge in [0.2, 0.25) is 0 Å². The molecule has 3 heteroatoms. The fourth-order valence-electron chi connectivity index (χ4n) is 3.18. The van der Waals surface area contributed by atoms with Crippen molar-refractivity contribution in [3.63, 3.8) is 0 Å². The van der Waals surface area contributed by atoms with Crippen molar-refractivity contribution in [2.75, 3.05) is 25.1 Å². The molecule has 1 N–H and O–H groups in total. The molecule has 0 saturated carbocycles. The molecule has 1 aromatic carbocycles. The summed E-state index contributed by atoms with van der Waals surface area (Å²) >= 11 is 0. The summed E-state index contributed by atoms with van der Waals surface area (Å²) in [7, 11) is 0. The average Bonchev–Trinajstić information content (AvgIpc) is 2.48. The van der Waals surface area contributed by atoms with Crippen molar-refractivity contribution in [3.05, 3.63) is 29.8 Å². The maximum absolute atomic E-state index is 6.07. The van der Waals surface area contributed by atoms with Gasteiger partial charge in [0.1, 0.15) is 0 Å². The summed E-state index contributed by atoms with van der Waals surface area (Å²) in [5, 5.41) is 3.61. The van der Waals surface area contributed by atoms with Crippen LogP contribution in [0, 0.1) is 12.3 Å². The normalized spacial score (nSPS) is 25.1. The van der Waals surface area contributed by atoms with Crippen LogP contribution in [0.15, 0.2) is 24.3 Å². The summed E-state index contributed by atoms with van der Waals surface area (Å²) in [5.74, 6) is 2.68. The molecule has 1 aromatic rings. The van der Waals surface area contributed by atoms with E-state index in [9.17, 15) is 0 Å². The van der Waals surface area contributed by atoms with Crippen LogP contribution < -0.4 is 5.32 Å². The molecular weight excluding hydrogens is 250 g/mol. The Labute approximate surface area is 120 Å². The molecular formula is C17H21NO2. The highest BCUT2D eigenvalue weighted by atomic mass is 16.5. The number of hydrogen-bond acceptors (Lipinski definition) is 3. The summed E-state index contributed by atoms with van der Waals surface area (Å²) in [6, 6.07) is 8.52. The van der Waals surface area contributed by atoms with E-state index >= 15 is 0 Å². The minimum atomic E-state index is 0.0257. The maximum atomic E-state index is 6.07. The van der Waals surface area contributed by atoms with E-state index in [0.717, 1.165) is 56.8 Å². The molecule has 3 rings (SSSR count). The Morgan fingerprint density at radius 1 is 1.25 bits per heavy atom. The Morgan fingerprint density at radius 2 is 2.10 bits per heavy atom. The molecule has 1 spiro atoms. The first-order chi connectivity index (χ1) is 9.80.